The Hall–Kier alpha value is -2.09. The van der Waals surface area contributed by atoms with E-state index in [1.54, 1.807) is 0 Å². The third-order valence-electron chi connectivity index (χ3n) is 4.71. The van der Waals surface area contributed by atoms with E-state index in [4.69, 9.17) is 14.0 Å². The summed E-state index contributed by atoms with van der Waals surface area (Å²) >= 11 is 3.54. The minimum Gasteiger partial charge on any atom is -0.490 e. The van der Waals surface area contributed by atoms with E-state index in [1.807, 2.05) is 39.8 Å². The molecule has 7 nitrogen and oxygen atoms in total. The number of amides is 1. The van der Waals surface area contributed by atoms with Crippen molar-refractivity contribution in [2.45, 2.75) is 58.9 Å². The summed E-state index contributed by atoms with van der Waals surface area (Å²) in [5, 5.41) is 7.12. The van der Waals surface area contributed by atoms with Crippen LogP contribution in [-0.2, 0) is 11.2 Å². The second-order valence-corrected chi connectivity index (χ2v) is 8.34. The van der Waals surface area contributed by atoms with Gasteiger partial charge in [0, 0.05) is 10.4 Å². The van der Waals surface area contributed by atoms with Gasteiger partial charge in [-0.3, -0.25) is 4.79 Å². The van der Waals surface area contributed by atoms with Crippen LogP contribution in [0.2, 0.25) is 0 Å². The number of ether oxygens (including phenoxy) is 2. The molecule has 0 bridgehead atoms. The zero-order valence-corrected chi connectivity index (χ0v) is 18.9. The molecule has 158 valence electrons. The highest BCUT2D eigenvalue weighted by molar-refractivity contribution is 9.10. The van der Waals surface area contributed by atoms with Gasteiger partial charge in [0.1, 0.15) is 6.04 Å². The van der Waals surface area contributed by atoms with Crippen LogP contribution in [0, 0.1) is 5.92 Å². The molecule has 1 aliphatic carbocycles. The molecular weight excluding hydrogens is 438 g/mol. The van der Waals surface area contributed by atoms with Gasteiger partial charge in [-0.25, -0.2) is 0 Å². The summed E-state index contributed by atoms with van der Waals surface area (Å²) in [5.74, 6) is 2.91. The summed E-state index contributed by atoms with van der Waals surface area (Å²) in [6.45, 7) is 8.93. The van der Waals surface area contributed by atoms with Gasteiger partial charge in [-0.2, -0.15) is 4.98 Å². The van der Waals surface area contributed by atoms with E-state index in [0.717, 1.165) is 28.7 Å². The molecule has 1 unspecified atom stereocenters. The fraction of sp³-hybridized carbons (Fsp3) is 0.571. The molecule has 2 aromatic rings. The van der Waals surface area contributed by atoms with Gasteiger partial charge in [0.25, 0.3) is 0 Å². The molecule has 29 heavy (non-hydrogen) atoms. The van der Waals surface area contributed by atoms with Crippen molar-refractivity contribution < 1.29 is 18.8 Å². The number of halogens is 1. The first-order valence-corrected chi connectivity index (χ1v) is 10.9. The predicted molar refractivity (Wildman–Crippen MR) is 112 cm³/mol. The average molecular weight is 466 g/mol. The number of nitrogens with zero attached hydrogens (tertiary/aromatic N) is 2. The Morgan fingerprint density at radius 1 is 1.24 bits per heavy atom. The average Bonchev–Trinajstić information content (AvgIpc) is 3.41. The Labute approximate surface area is 179 Å². The lowest BCUT2D eigenvalue weighted by molar-refractivity contribution is -0.121. The second-order valence-electron chi connectivity index (χ2n) is 7.49. The lowest BCUT2D eigenvalue weighted by Crippen LogP contribution is -2.33. The quantitative estimate of drug-likeness (QED) is 0.553. The minimum atomic E-state index is -0.324. The van der Waals surface area contributed by atoms with Crippen molar-refractivity contribution in [1.82, 2.24) is 15.5 Å². The molecule has 0 spiro atoms. The fourth-order valence-electron chi connectivity index (χ4n) is 3.04. The molecule has 1 fully saturated rings. The van der Waals surface area contributed by atoms with E-state index in [1.165, 1.54) is 0 Å². The van der Waals surface area contributed by atoms with Crippen LogP contribution in [0.3, 0.4) is 0 Å². The molecule has 0 radical (unpaired) electrons. The van der Waals surface area contributed by atoms with Crippen LogP contribution < -0.4 is 14.8 Å². The predicted octanol–water partition coefficient (Wildman–Crippen LogP) is 4.56. The van der Waals surface area contributed by atoms with Crippen molar-refractivity contribution in [3.05, 3.63) is 33.9 Å². The van der Waals surface area contributed by atoms with E-state index < -0.39 is 0 Å². The SMILES string of the molecule is CCOc1cc(Br)c(CC(=O)NC(c2nc(C3CC3)no2)C(C)C)cc1OCC. The van der Waals surface area contributed by atoms with Crippen LogP contribution in [0.15, 0.2) is 21.1 Å². The molecular formula is C21H28BrN3O4. The van der Waals surface area contributed by atoms with Crippen LogP contribution in [0.25, 0.3) is 0 Å². The van der Waals surface area contributed by atoms with Gasteiger partial charge in [-0.15, -0.1) is 0 Å². The van der Waals surface area contributed by atoms with Crippen LogP contribution in [0.1, 0.15) is 69.8 Å². The molecule has 1 heterocycles. The van der Waals surface area contributed by atoms with E-state index in [2.05, 4.69) is 31.4 Å². The number of rotatable bonds is 10. The molecule has 1 saturated carbocycles. The van der Waals surface area contributed by atoms with Crippen LogP contribution in [0.4, 0.5) is 0 Å². The number of hydrogen-bond donors (Lipinski definition) is 1. The lowest BCUT2D eigenvalue weighted by atomic mass is 10.0. The smallest absolute Gasteiger partial charge is 0.249 e. The number of carbonyl (C=O) groups is 1. The summed E-state index contributed by atoms with van der Waals surface area (Å²) < 4.78 is 17.5. The standard InChI is InChI=1S/C21H28BrN3O4/c1-5-27-16-9-14(15(22)11-17(16)28-6-2)10-18(26)23-19(12(3)4)21-24-20(25-29-21)13-7-8-13/h9,11-13,19H,5-8,10H2,1-4H3,(H,23,26). The van der Waals surface area contributed by atoms with Crippen LogP contribution in [-0.4, -0.2) is 29.3 Å². The summed E-state index contributed by atoms with van der Waals surface area (Å²) in [7, 11) is 0. The van der Waals surface area contributed by atoms with Gasteiger partial charge in [-0.05, 0) is 50.3 Å². The molecule has 8 heteroatoms. The largest absolute Gasteiger partial charge is 0.490 e. The van der Waals surface area contributed by atoms with Crippen molar-refractivity contribution in [3.8, 4) is 11.5 Å². The summed E-state index contributed by atoms with van der Waals surface area (Å²) in [6, 6.07) is 3.37. The molecule has 1 N–H and O–H groups in total. The highest BCUT2D eigenvalue weighted by atomic mass is 79.9. The van der Waals surface area contributed by atoms with Crippen molar-refractivity contribution >= 4 is 21.8 Å². The topological polar surface area (TPSA) is 86.5 Å². The molecule has 3 rings (SSSR count). The molecule has 1 aliphatic rings. The normalized spacial score (nSPS) is 14.7. The van der Waals surface area contributed by atoms with Crippen molar-refractivity contribution in [1.29, 1.82) is 0 Å². The Kier molecular flexibility index (Phi) is 7.16. The zero-order chi connectivity index (χ0) is 21.0. The third kappa shape index (κ3) is 5.50. The van der Waals surface area contributed by atoms with Gasteiger partial charge in [0.05, 0.1) is 19.6 Å². The monoisotopic (exact) mass is 465 g/mol. The van der Waals surface area contributed by atoms with E-state index in [-0.39, 0.29) is 24.3 Å². The lowest BCUT2D eigenvalue weighted by Gasteiger charge is -2.19. The third-order valence-corrected chi connectivity index (χ3v) is 5.45. The summed E-state index contributed by atoms with van der Waals surface area (Å²) in [5.41, 5.74) is 0.820. The maximum Gasteiger partial charge on any atom is 0.249 e. The molecule has 1 amide bonds. The Bertz CT molecular complexity index is 848. The van der Waals surface area contributed by atoms with Gasteiger partial charge >= 0.3 is 0 Å². The van der Waals surface area contributed by atoms with E-state index in [9.17, 15) is 4.79 Å². The first-order chi connectivity index (χ1) is 13.9. The second kappa shape index (κ2) is 9.61. The highest BCUT2D eigenvalue weighted by Gasteiger charge is 2.31. The fourth-order valence-corrected chi connectivity index (χ4v) is 3.50. The highest BCUT2D eigenvalue weighted by Crippen LogP contribution is 2.39. The van der Waals surface area contributed by atoms with Gasteiger partial charge < -0.3 is 19.3 Å². The molecule has 0 aliphatic heterocycles. The Balaban J connectivity index is 1.73. The van der Waals surface area contributed by atoms with Gasteiger partial charge in [0.2, 0.25) is 11.8 Å². The molecule has 1 atom stereocenters. The number of benzene rings is 1. The maximum atomic E-state index is 12.8. The van der Waals surface area contributed by atoms with Gasteiger partial charge in [0.15, 0.2) is 17.3 Å². The number of nitrogens with one attached hydrogen (secondary N) is 1. The van der Waals surface area contributed by atoms with Crippen molar-refractivity contribution in [3.63, 3.8) is 0 Å². The summed E-state index contributed by atoms with van der Waals surface area (Å²) in [4.78, 5) is 17.3. The Morgan fingerprint density at radius 2 is 1.90 bits per heavy atom. The minimum absolute atomic E-state index is 0.120. The summed E-state index contributed by atoms with van der Waals surface area (Å²) in [6.07, 6.45) is 2.40. The van der Waals surface area contributed by atoms with Crippen molar-refractivity contribution in [2.24, 2.45) is 5.92 Å². The van der Waals surface area contributed by atoms with E-state index >= 15 is 0 Å². The number of carbonyl (C=O) groups excluding carboxylic acids is 1. The van der Waals surface area contributed by atoms with E-state index in [0.29, 0.717) is 36.5 Å². The molecule has 1 aromatic heterocycles. The number of aromatic nitrogens is 2. The molecule has 1 aromatic carbocycles. The maximum absolute atomic E-state index is 12.8. The van der Waals surface area contributed by atoms with Crippen LogP contribution >= 0.6 is 15.9 Å². The zero-order valence-electron chi connectivity index (χ0n) is 17.3. The first-order valence-electron chi connectivity index (χ1n) is 10.1. The number of hydrogen-bond acceptors (Lipinski definition) is 6. The van der Waals surface area contributed by atoms with Crippen LogP contribution in [0.5, 0.6) is 11.5 Å². The molecule has 0 saturated heterocycles. The van der Waals surface area contributed by atoms with Crippen molar-refractivity contribution in [2.75, 3.05) is 13.2 Å². The Morgan fingerprint density at radius 3 is 2.48 bits per heavy atom. The van der Waals surface area contributed by atoms with Gasteiger partial charge in [-0.1, -0.05) is 34.9 Å². The first kappa shape index (κ1) is 21.6.